The van der Waals surface area contributed by atoms with Gasteiger partial charge in [-0.25, -0.2) is 0 Å². The fraction of sp³-hybridized carbons (Fsp3) is 0.333. The second kappa shape index (κ2) is 3.72. The van der Waals surface area contributed by atoms with Gasteiger partial charge in [0.25, 0.3) is 0 Å². The van der Waals surface area contributed by atoms with Crippen molar-refractivity contribution in [2.24, 2.45) is 4.99 Å². The first kappa shape index (κ1) is 9.54. The second-order valence-electron chi connectivity index (χ2n) is 4.08. The molecule has 1 unspecified atom stereocenters. The second-order valence-corrected chi connectivity index (χ2v) is 4.08. The van der Waals surface area contributed by atoms with E-state index in [1.165, 1.54) is 5.57 Å². The SMILES string of the molecule is O=C1C=CC2N=CC(C3=CCNCC3)=C2N1. The van der Waals surface area contributed by atoms with E-state index < -0.39 is 0 Å². The molecule has 3 aliphatic rings. The van der Waals surface area contributed by atoms with E-state index in [9.17, 15) is 4.79 Å². The Labute approximate surface area is 93.8 Å². The van der Waals surface area contributed by atoms with Crippen LogP contribution in [0.15, 0.2) is 40.1 Å². The summed E-state index contributed by atoms with van der Waals surface area (Å²) < 4.78 is 0. The van der Waals surface area contributed by atoms with Crippen LogP contribution in [0.2, 0.25) is 0 Å². The quantitative estimate of drug-likeness (QED) is 0.661. The number of hydrogen-bond donors (Lipinski definition) is 2. The van der Waals surface area contributed by atoms with Crippen LogP contribution in [0.1, 0.15) is 6.42 Å². The van der Waals surface area contributed by atoms with E-state index >= 15 is 0 Å². The fourth-order valence-corrected chi connectivity index (χ4v) is 2.22. The van der Waals surface area contributed by atoms with Crippen LogP contribution < -0.4 is 10.6 Å². The molecule has 4 nitrogen and oxygen atoms in total. The standard InChI is InChI=1S/C12H13N3O/c16-11-2-1-10-12(15-11)9(7-14-10)8-3-5-13-6-4-8/h1-3,7,10,13H,4-6H2,(H,15,16). The summed E-state index contributed by atoms with van der Waals surface area (Å²) in [5.41, 5.74) is 3.33. The van der Waals surface area contributed by atoms with E-state index in [-0.39, 0.29) is 11.9 Å². The van der Waals surface area contributed by atoms with Gasteiger partial charge in [0.15, 0.2) is 0 Å². The summed E-state index contributed by atoms with van der Waals surface area (Å²) in [6.45, 7) is 1.89. The lowest BCUT2D eigenvalue weighted by Gasteiger charge is -2.19. The molecule has 16 heavy (non-hydrogen) atoms. The van der Waals surface area contributed by atoms with Crippen molar-refractivity contribution in [2.75, 3.05) is 13.1 Å². The third-order valence-corrected chi connectivity index (χ3v) is 3.05. The van der Waals surface area contributed by atoms with Gasteiger partial charge in [-0.1, -0.05) is 6.08 Å². The molecule has 2 N–H and O–H groups in total. The van der Waals surface area contributed by atoms with Gasteiger partial charge >= 0.3 is 0 Å². The van der Waals surface area contributed by atoms with E-state index in [1.54, 1.807) is 6.08 Å². The first-order chi connectivity index (χ1) is 7.84. The Morgan fingerprint density at radius 3 is 3.19 bits per heavy atom. The number of aliphatic imine (C=N–C) groups is 1. The highest BCUT2D eigenvalue weighted by Crippen LogP contribution is 2.26. The molecular formula is C12H13N3O. The first-order valence-corrected chi connectivity index (χ1v) is 5.51. The number of carbonyl (C=O) groups excluding carboxylic acids is 1. The third-order valence-electron chi connectivity index (χ3n) is 3.05. The van der Waals surface area contributed by atoms with E-state index in [0.717, 1.165) is 30.8 Å². The lowest BCUT2D eigenvalue weighted by Crippen LogP contribution is -2.31. The maximum absolute atomic E-state index is 11.3. The van der Waals surface area contributed by atoms with Crippen LogP contribution in [0.25, 0.3) is 0 Å². The van der Waals surface area contributed by atoms with Gasteiger partial charge in [0.1, 0.15) is 6.04 Å². The molecule has 0 fully saturated rings. The van der Waals surface area contributed by atoms with Crippen LogP contribution in [0.5, 0.6) is 0 Å². The zero-order valence-corrected chi connectivity index (χ0v) is 8.86. The lowest BCUT2D eigenvalue weighted by molar-refractivity contribution is -0.116. The Balaban J connectivity index is 1.98. The van der Waals surface area contributed by atoms with Crippen LogP contribution in [0, 0.1) is 0 Å². The van der Waals surface area contributed by atoms with Crippen LogP contribution >= 0.6 is 0 Å². The number of nitrogens with zero attached hydrogens (tertiary/aromatic N) is 1. The molecule has 0 aromatic heterocycles. The Hall–Kier alpha value is -1.68. The molecule has 3 aliphatic heterocycles. The smallest absolute Gasteiger partial charge is 0.247 e. The van der Waals surface area contributed by atoms with Crippen LogP contribution in [0.3, 0.4) is 0 Å². The van der Waals surface area contributed by atoms with Gasteiger partial charge in [0, 0.05) is 24.4 Å². The average molecular weight is 215 g/mol. The molecule has 0 saturated carbocycles. The summed E-state index contributed by atoms with van der Waals surface area (Å²) in [6, 6.07) is 0.0171. The molecule has 3 heterocycles. The van der Waals surface area contributed by atoms with Gasteiger partial charge in [-0.05, 0) is 24.6 Å². The van der Waals surface area contributed by atoms with E-state index in [2.05, 4.69) is 21.7 Å². The monoisotopic (exact) mass is 215 g/mol. The van der Waals surface area contributed by atoms with Crippen molar-refractivity contribution in [3.05, 3.63) is 35.1 Å². The van der Waals surface area contributed by atoms with Crippen molar-refractivity contribution in [1.29, 1.82) is 0 Å². The number of allylic oxidation sites excluding steroid dienone is 1. The molecule has 82 valence electrons. The highest BCUT2D eigenvalue weighted by Gasteiger charge is 2.26. The number of rotatable bonds is 1. The predicted molar refractivity (Wildman–Crippen MR) is 62.2 cm³/mol. The molecule has 0 bridgehead atoms. The summed E-state index contributed by atoms with van der Waals surface area (Å²) in [5, 5.41) is 6.17. The van der Waals surface area contributed by atoms with Crippen molar-refractivity contribution in [2.45, 2.75) is 12.5 Å². The predicted octanol–water partition coefficient (Wildman–Crippen LogP) is 0.299. The molecule has 0 radical (unpaired) electrons. The normalized spacial score (nSPS) is 27.9. The Bertz CT molecular complexity index is 457. The van der Waals surface area contributed by atoms with Gasteiger partial charge in [-0.15, -0.1) is 0 Å². The number of amides is 1. The summed E-state index contributed by atoms with van der Waals surface area (Å²) in [5.74, 6) is -0.0521. The molecule has 0 aromatic rings. The highest BCUT2D eigenvalue weighted by molar-refractivity contribution is 5.96. The van der Waals surface area contributed by atoms with Crippen molar-refractivity contribution < 1.29 is 4.79 Å². The number of fused-ring (bicyclic) bond motifs is 1. The Morgan fingerprint density at radius 2 is 2.38 bits per heavy atom. The lowest BCUT2D eigenvalue weighted by atomic mass is 9.97. The Morgan fingerprint density at radius 1 is 1.44 bits per heavy atom. The maximum Gasteiger partial charge on any atom is 0.247 e. The van der Waals surface area contributed by atoms with Gasteiger partial charge in [0.05, 0.1) is 5.70 Å². The van der Waals surface area contributed by atoms with Crippen molar-refractivity contribution in [1.82, 2.24) is 10.6 Å². The molecule has 4 heteroatoms. The molecule has 1 atom stereocenters. The van der Waals surface area contributed by atoms with Crippen LogP contribution in [-0.4, -0.2) is 31.3 Å². The van der Waals surface area contributed by atoms with Crippen molar-refractivity contribution in [3.63, 3.8) is 0 Å². The van der Waals surface area contributed by atoms with Crippen LogP contribution in [-0.2, 0) is 4.79 Å². The highest BCUT2D eigenvalue weighted by atomic mass is 16.1. The maximum atomic E-state index is 11.3. The van der Waals surface area contributed by atoms with Gasteiger partial charge in [-0.3, -0.25) is 9.79 Å². The molecule has 3 rings (SSSR count). The summed E-state index contributed by atoms with van der Waals surface area (Å²) >= 11 is 0. The fourth-order valence-electron chi connectivity index (χ4n) is 2.22. The zero-order chi connectivity index (χ0) is 11.0. The van der Waals surface area contributed by atoms with E-state index in [4.69, 9.17) is 0 Å². The molecule has 0 saturated heterocycles. The molecule has 0 aliphatic carbocycles. The minimum Gasteiger partial charge on any atom is -0.323 e. The van der Waals surface area contributed by atoms with Gasteiger partial charge in [-0.2, -0.15) is 0 Å². The average Bonchev–Trinajstić information content (AvgIpc) is 2.73. The minimum absolute atomic E-state index is 0.0171. The van der Waals surface area contributed by atoms with Crippen molar-refractivity contribution in [3.8, 4) is 0 Å². The zero-order valence-electron chi connectivity index (χ0n) is 8.86. The third kappa shape index (κ3) is 1.51. The minimum atomic E-state index is -0.0521. The largest absolute Gasteiger partial charge is 0.323 e. The van der Waals surface area contributed by atoms with Crippen molar-refractivity contribution >= 4 is 12.1 Å². The number of nitrogens with one attached hydrogen (secondary N) is 2. The Kier molecular flexibility index (Phi) is 2.22. The first-order valence-electron chi connectivity index (χ1n) is 5.51. The summed E-state index contributed by atoms with van der Waals surface area (Å²) in [6.07, 6.45) is 8.44. The van der Waals surface area contributed by atoms with Crippen LogP contribution in [0.4, 0.5) is 0 Å². The van der Waals surface area contributed by atoms with Gasteiger partial charge < -0.3 is 10.6 Å². The van der Waals surface area contributed by atoms with Gasteiger partial charge in [0.2, 0.25) is 5.91 Å². The molecule has 1 amide bonds. The summed E-state index contributed by atoms with van der Waals surface area (Å²) in [4.78, 5) is 15.7. The number of hydrogen-bond acceptors (Lipinski definition) is 3. The van der Waals surface area contributed by atoms with E-state index in [1.807, 2.05) is 12.3 Å². The van der Waals surface area contributed by atoms with E-state index in [0.29, 0.717) is 0 Å². The number of carbonyl (C=O) groups is 1. The molecular weight excluding hydrogens is 202 g/mol. The molecule has 0 spiro atoms. The molecule has 0 aromatic carbocycles. The topological polar surface area (TPSA) is 53.5 Å². The summed E-state index contributed by atoms with van der Waals surface area (Å²) in [7, 11) is 0.